The molecule has 10 N–H and O–H groups in total. The lowest BCUT2D eigenvalue weighted by Crippen LogP contribution is -2.44. The van der Waals surface area contributed by atoms with Crippen molar-refractivity contribution in [2.45, 2.75) is 205 Å². The fourth-order valence-electron chi connectivity index (χ4n) is 11.2. The number of carboxylic acids is 2. The van der Waals surface area contributed by atoms with Gasteiger partial charge in [0, 0.05) is 13.2 Å². The molecule has 5 aliphatic rings. The van der Waals surface area contributed by atoms with E-state index in [0.717, 1.165) is 13.2 Å². The van der Waals surface area contributed by atoms with E-state index in [9.17, 15) is 58.8 Å². The first-order valence-corrected chi connectivity index (χ1v) is 35.4. The average Bonchev–Trinajstić information content (AvgIpc) is 1.54. The summed E-state index contributed by atoms with van der Waals surface area (Å²) in [6.45, 7) is 20.4. The molecule has 5 fully saturated rings. The normalized spacial score (nSPS) is 23.3. The molecule has 6 aromatic heterocycles. The number of aromatic nitrogens is 12. The second-order valence-corrected chi connectivity index (χ2v) is 27.7. The Labute approximate surface area is 645 Å². The summed E-state index contributed by atoms with van der Waals surface area (Å²) in [6.07, 6.45) is -15.0. The number of carboxylic acid groups (broad SMARTS) is 2. The Morgan fingerprint density at radius 2 is 0.856 bits per heavy atom. The molecule has 47 heteroatoms. The van der Waals surface area contributed by atoms with Crippen LogP contribution in [0, 0.1) is 0 Å². The van der Waals surface area contributed by atoms with Crippen LogP contribution in [0.1, 0.15) is 115 Å². The van der Waals surface area contributed by atoms with Crippen molar-refractivity contribution < 1.29 is 140 Å². The number of hydrogen-bond donors (Lipinski definition) is 8. The Hall–Kier alpha value is -8.84. The van der Waals surface area contributed by atoms with Gasteiger partial charge in [-0.3, -0.25) is 13.7 Å². The molecular weight excluding hydrogens is 1550 g/mol. The first kappa shape index (κ1) is 87.7. The third-order valence-corrected chi connectivity index (χ3v) is 16.3. The molecule has 0 spiro atoms. The number of nitrogen functional groups attached to an aromatic ring is 2. The number of carbonyl (C=O) groups is 8. The number of anilines is 3. The van der Waals surface area contributed by atoms with Crippen molar-refractivity contribution in [1.82, 2.24) is 58.6 Å². The van der Waals surface area contributed by atoms with E-state index in [1.165, 1.54) is 45.5 Å². The molecule has 44 nitrogen and oxygen atoms in total. The molecule has 11 heterocycles. The van der Waals surface area contributed by atoms with E-state index in [2.05, 4.69) is 44.9 Å². The molecule has 12 atom stereocenters. The van der Waals surface area contributed by atoms with Crippen LogP contribution in [0.3, 0.4) is 0 Å². The first-order chi connectivity index (χ1) is 52.2. The number of fused-ring (bicyclic) bond motifs is 4. The molecule has 0 unspecified atom stereocenters. The van der Waals surface area contributed by atoms with Gasteiger partial charge in [0.2, 0.25) is 15.9 Å². The van der Waals surface area contributed by atoms with E-state index in [1.54, 1.807) is 83.1 Å². The number of imide groups is 1. The summed E-state index contributed by atoms with van der Waals surface area (Å²) in [6, 6.07) is 0. The van der Waals surface area contributed by atoms with Crippen LogP contribution in [0.4, 0.5) is 27.0 Å². The van der Waals surface area contributed by atoms with Gasteiger partial charge in [-0.15, -0.1) is 0 Å². The molecule has 111 heavy (non-hydrogen) atoms. The molecule has 2 amide bonds. The number of nitrogens with zero attached hydrogens (tertiary/aromatic N) is 13. The number of imidazole rings is 3. The Kier molecular flexibility index (Phi) is 29.8. The minimum Gasteiger partial charge on any atom is -0.479 e. The minimum absolute atomic E-state index is 0.00225. The molecule has 0 radical (unpaired) electrons. The zero-order valence-electron chi connectivity index (χ0n) is 61.8. The van der Waals surface area contributed by atoms with E-state index in [1.807, 2.05) is 0 Å². The lowest BCUT2D eigenvalue weighted by molar-refractivity contribution is -0.206. The van der Waals surface area contributed by atoms with Crippen LogP contribution < -0.4 is 16.4 Å². The highest BCUT2D eigenvalue weighted by Gasteiger charge is 2.57. The summed E-state index contributed by atoms with van der Waals surface area (Å²) < 4.78 is 85.3. The topological polar surface area (TPSA) is 582 Å². The van der Waals surface area contributed by atoms with E-state index in [0.29, 0.717) is 4.90 Å². The third-order valence-electron chi connectivity index (χ3n) is 15.8. The number of nitrogens with two attached hydrogens (primary N) is 2. The number of carbonyl (C=O) groups excluding carboxylic acids is 6. The standard InChI is InChI=1S/C30H42ClN5O12.C17H22ClN5O8.C13H14ClN5O8.C4H8O/c1-11-41-23(37)19(24(38)42-12-2)43-13-15-17-18(46-30(9,10)45-17)22(44-15)35-14-32-16-20(35)33-25(31)34-21(16)36(26(39)47-28(3,4)5)27(40)48-29(6,7)8;1-3-28-15(26)11(16(27)29-4-2)30-5-7-9(24)10(25)14(31-7)23-6-20-8-12(19)21-17(18)22-13(8)23;14-13-17-8(15)4-9(18-13)19(2-16-4)10-6(21)5(20)3(27-10)1-26-7(11(22)23)12(24)25;1-2-4-5-3-1/h14-15,17-19,22H,11-13H2,1-10H3;6-7,9-11,14,24-25H,3-5H2,1-2H3,(H2,19,21,22);2-3,5-7,10,20-21H,1H2,(H,22,23)(H,24,25)(H2,15,17,18);1-4H2/t15-,17-,18-,22-;7-,9-,10-,14-;3-,5-,6-,10-;/m111./s1. The van der Waals surface area contributed by atoms with Gasteiger partial charge in [0.15, 0.2) is 64.4 Å². The average molecular weight is 1640 g/mol. The molecule has 0 saturated carbocycles. The van der Waals surface area contributed by atoms with Crippen LogP contribution in [-0.2, 0) is 99.8 Å². The number of esters is 4. The first-order valence-electron chi connectivity index (χ1n) is 34.3. The molecule has 5 saturated heterocycles. The number of amides is 2. The van der Waals surface area contributed by atoms with E-state index < -0.39 is 170 Å². The van der Waals surface area contributed by atoms with Crippen LogP contribution in [0.15, 0.2) is 19.0 Å². The van der Waals surface area contributed by atoms with Crippen molar-refractivity contribution in [3.8, 4) is 0 Å². The van der Waals surface area contributed by atoms with Crippen molar-refractivity contribution in [1.29, 1.82) is 0 Å². The lowest BCUT2D eigenvalue weighted by atomic mass is 10.1. The van der Waals surface area contributed by atoms with Gasteiger partial charge in [-0.25, -0.2) is 53.3 Å². The van der Waals surface area contributed by atoms with Gasteiger partial charge in [-0.2, -0.15) is 34.8 Å². The van der Waals surface area contributed by atoms with Gasteiger partial charge in [0.1, 0.15) is 77.2 Å². The molecule has 5 aliphatic heterocycles. The van der Waals surface area contributed by atoms with Crippen LogP contribution in [0.5, 0.6) is 0 Å². The number of rotatable bonds is 23. The van der Waals surface area contributed by atoms with Gasteiger partial charge >= 0.3 is 48.0 Å². The van der Waals surface area contributed by atoms with Crippen molar-refractivity contribution in [3.05, 3.63) is 34.8 Å². The summed E-state index contributed by atoms with van der Waals surface area (Å²) in [5.74, 6) is -8.44. The summed E-state index contributed by atoms with van der Waals surface area (Å²) >= 11 is 18.0. The van der Waals surface area contributed by atoms with Crippen molar-refractivity contribution in [3.63, 3.8) is 0 Å². The third kappa shape index (κ3) is 21.7. The zero-order valence-corrected chi connectivity index (χ0v) is 64.1. The summed E-state index contributed by atoms with van der Waals surface area (Å²) in [5.41, 5.74) is 10.3. The second-order valence-electron chi connectivity index (χ2n) is 26.7. The summed E-state index contributed by atoms with van der Waals surface area (Å²) in [4.78, 5) is 135. The van der Waals surface area contributed by atoms with Crippen molar-refractivity contribution in [2.75, 3.05) is 75.8 Å². The van der Waals surface area contributed by atoms with Gasteiger partial charge in [0.05, 0.1) is 65.2 Å². The van der Waals surface area contributed by atoms with Crippen molar-refractivity contribution in [2.24, 2.45) is 0 Å². The summed E-state index contributed by atoms with van der Waals surface area (Å²) in [5, 5.41) is 58.2. The van der Waals surface area contributed by atoms with Gasteiger partial charge in [0.25, 0.3) is 18.3 Å². The van der Waals surface area contributed by atoms with Gasteiger partial charge in [-0.05, 0) is 131 Å². The Morgan fingerprint density at radius 3 is 1.23 bits per heavy atom. The lowest BCUT2D eigenvalue weighted by Gasteiger charge is -2.28. The molecule has 0 aromatic carbocycles. The van der Waals surface area contributed by atoms with E-state index >= 15 is 0 Å². The monoisotopic (exact) mass is 1630 g/mol. The highest BCUT2D eigenvalue weighted by atomic mass is 35.5. The molecule has 11 rings (SSSR count). The van der Waals surface area contributed by atoms with Crippen LogP contribution in [0.25, 0.3) is 33.5 Å². The number of aliphatic carboxylic acids is 2. The minimum atomic E-state index is -2.14. The van der Waals surface area contributed by atoms with Crippen LogP contribution in [0.2, 0.25) is 15.9 Å². The molecule has 6 aromatic rings. The van der Waals surface area contributed by atoms with Gasteiger partial charge < -0.3 is 113 Å². The van der Waals surface area contributed by atoms with Crippen LogP contribution >= 0.6 is 34.8 Å². The van der Waals surface area contributed by atoms with E-state index in [4.69, 9.17) is 128 Å². The Bertz CT molecular complexity index is 4200. The maximum atomic E-state index is 13.4. The molecule has 612 valence electrons. The fraction of sp³-hybridized carbons (Fsp3) is 0.641. The number of ether oxygens (including phenoxy) is 15. The predicted octanol–water partition coefficient (Wildman–Crippen LogP) is 2.31. The maximum Gasteiger partial charge on any atom is 0.425 e. The number of halogens is 3. The number of hydrogen-bond acceptors (Lipinski definition) is 38. The predicted molar refractivity (Wildman–Crippen MR) is 375 cm³/mol. The van der Waals surface area contributed by atoms with Crippen LogP contribution in [-0.4, -0.2) is 287 Å². The SMILES string of the molecule is C1CCOC1.CCOC(=O)C(OC[C@H]1O[C@@H](n2cnc3c(N(C(=O)OC(C)(C)C)C(=O)OC(C)(C)C)nc(Cl)nc32)[C@@H]2OC(C)(C)O[C@@H]21)C(=O)OCC.CCOC(=O)C(OC[C@H]1O[C@@H](n2cnc3c(N)nc(Cl)nc32)[C@H](O)[C@@H]1O)C(=O)OCC.Nc1nc(Cl)nc2c1ncn2[C@@H]1O[C@H](COC(C(=O)O)C(=O)O)[C@@H](O)[C@H]1O. The largest absolute Gasteiger partial charge is 0.479 e. The number of aliphatic hydroxyl groups excluding tert-OH is 4. The second kappa shape index (κ2) is 37.7. The number of aliphatic hydroxyl groups is 4. The smallest absolute Gasteiger partial charge is 0.425 e. The van der Waals surface area contributed by atoms with E-state index in [-0.39, 0.29) is 99.8 Å². The Balaban J connectivity index is 0.000000212. The summed E-state index contributed by atoms with van der Waals surface area (Å²) in [7, 11) is 0. The van der Waals surface area contributed by atoms with Gasteiger partial charge in [-0.1, -0.05) is 0 Å². The quantitative estimate of drug-likeness (QED) is 0.0197. The highest BCUT2D eigenvalue weighted by Crippen LogP contribution is 2.45. The molecule has 0 bridgehead atoms. The maximum absolute atomic E-state index is 13.4. The molecule has 0 aliphatic carbocycles. The highest BCUT2D eigenvalue weighted by molar-refractivity contribution is 6.29. The molecular formula is C64H86Cl3N15O29. The Morgan fingerprint density at radius 1 is 0.514 bits per heavy atom. The zero-order chi connectivity index (χ0) is 81.9. The van der Waals surface area contributed by atoms with Crippen molar-refractivity contribution >= 4 is 134 Å². The fourth-order valence-corrected chi connectivity index (χ4v) is 11.7.